The number of esters is 3. The summed E-state index contributed by atoms with van der Waals surface area (Å²) in [5.74, 6) is -2.36. The zero-order valence-corrected chi connectivity index (χ0v) is 25.4. The molecule has 0 aromatic heterocycles. The van der Waals surface area contributed by atoms with Crippen LogP contribution in [0.4, 0.5) is 0 Å². The van der Waals surface area contributed by atoms with Gasteiger partial charge in [0.1, 0.15) is 0 Å². The topological polar surface area (TPSA) is 207 Å². The SMILES string of the molecule is CC(C)(C)C(=O)OCOP(=O)(O)C(O)(CCCN)P(=O)(OCOC(=O)C(C)(C)C)OCOC(=O)C(C)(C)C. The fourth-order valence-electron chi connectivity index (χ4n) is 2.22. The minimum absolute atomic E-state index is 0.126. The Morgan fingerprint density at radius 2 is 1.00 bits per heavy atom. The van der Waals surface area contributed by atoms with Gasteiger partial charge in [-0.2, -0.15) is 0 Å². The van der Waals surface area contributed by atoms with E-state index in [0.717, 1.165) is 0 Å². The molecule has 0 fully saturated rings. The molecule has 0 saturated carbocycles. The van der Waals surface area contributed by atoms with Crippen molar-refractivity contribution in [3.8, 4) is 0 Å². The minimum atomic E-state index is -5.44. The molecular weight excluding hydrogens is 548 g/mol. The van der Waals surface area contributed by atoms with E-state index < -0.39 is 81.2 Å². The molecule has 0 spiro atoms. The van der Waals surface area contributed by atoms with Crippen molar-refractivity contribution in [2.75, 3.05) is 26.9 Å². The van der Waals surface area contributed by atoms with E-state index in [4.69, 9.17) is 33.5 Å². The Morgan fingerprint density at radius 3 is 1.29 bits per heavy atom. The highest BCUT2D eigenvalue weighted by Gasteiger charge is 2.64. The van der Waals surface area contributed by atoms with Gasteiger partial charge < -0.3 is 29.9 Å². The summed E-state index contributed by atoms with van der Waals surface area (Å²) in [5.41, 5.74) is 2.53. The first-order valence-electron chi connectivity index (χ1n) is 11.8. The van der Waals surface area contributed by atoms with Gasteiger partial charge in [-0.05, 0) is 75.3 Å². The van der Waals surface area contributed by atoms with Crippen LogP contribution in [0.3, 0.4) is 0 Å². The van der Waals surface area contributed by atoms with Crippen LogP contribution in [0.25, 0.3) is 0 Å². The average Bonchev–Trinajstić information content (AvgIpc) is 2.74. The van der Waals surface area contributed by atoms with E-state index in [-0.39, 0.29) is 13.0 Å². The first-order chi connectivity index (χ1) is 16.9. The summed E-state index contributed by atoms with van der Waals surface area (Å²) in [6.07, 6.45) is -0.936. The predicted molar refractivity (Wildman–Crippen MR) is 135 cm³/mol. The van der Waals surface area contributed by atoms with E-state index in [9.17, 15) is 33.5 Å². The molecule has 14 nitrogen and oxygen atoms in total. The van der Waals surface area contributed by atoms with E-state index in [1.165, 1.54) is 62.3 Å². The van der Waals surface area contributed by atoms with Crippen LogP contribution in [0.15, 0.2) is 0 Å². The van der Waals surface area contributed by atoms with Crippen LogP contribution < -0.4 is 5.73 Å². The molecule has 0 aliphatic heterocycles. The zero-order valence-electron chi connectivity index (χ0n) is 23.6. The van der Waals surface area contributed by atoms with Crippen LogP contribution in [-0.4, -0.2) is 59.9 Å². The smallest absolute Gasteiger partial charge is 0.380 e. The molecule has 4 N–H and O–H groups in total. The Balaban J connectivity index is 6.16. The number of carbonyl (C=O) groups excluding carboxylic acids is 3. The molecule has 0 aromatic rings. The maximum Gasteiger partial charge on any atom is 0.380 e. The third-order valence-corrected chi connectivity index (χ3v) is 9.76. The molecule has 0 aliphatic carbocycles. The Hall–Kier alpha value is -1.37. The number of rotatable bonds is 14. The van der Waals surface area contributed by atoms with Gasteiger partial charge in [0, 0.05) is 6.42 Å². The molecule has 0 aromatic carbocycles. The van der Waals surface area contributed by atoms with Gasteiger partial charge in [-0.25, -0.2) is 0 Å². The van der Waals surface area contributed by atoms with Crippen LogP contribution in [-0.2, 0) is 51.3 Å². The summed E-state index contributed by atoms with van der Waals surface area (Å²) in [5, 5.41) is 8.04. The normalized spacial score (nSPS) is 16.2. The molecule has 0 amide bonds. The first kappa shape index (κ1) is 36.6. The third kappa shape index (κ3) is 10.7. The lowest BCUT2D eigenvalue weighted by Crippen LogP contribution is -2.35. The van der Waals surface area contributed by atoms with Crippen molar-refractivity contribution in [2.45, 2.75) is 80.2 Å². The molecular formula is C22H43NO13P2. The quantitative estimate of drug-likeness (QED) is 0.114. The van der Waals surface area contributed by atoms with Crippen molar-refractivity contribution < 1.29 is 61.3 Å². The molecule has 0 bridgehead atoms. The third-order valence-electron chi connectivity index (χ3n) is 4.69. The fraction of sp³-hybridized carbons (Fsp3) is 0.864. The Morgan fingerprint density at radius 1 is 0.684 bits per heavy atom. The monoisotopic (exact) mass is 591 g/mol. The molecule has 0 aliphatic rings. The van der Waals surface area contributed by atoms with Gasteiger partial charge in [0.15, 0.2) is 0 Å². The second kappa shape index (κ2) is 13.8. The summed E-state index contributed by atoms with van der Waals surface area (Å²) >= 11 is 0. The van der Waals surface area contributed by atoms with E-state index in [2.05, 4.69) is 0 Å². The number of hydrogen-bond acceptors (Lipinski definition) is 13. The van der Waals surface area contributed by atoms with Gasteiger partial charge in [-0.3, -0.25) is 37.1 Å². The molecule has 0 rings (SSSR count). The van der Waals surface area contributed by atoms with Crippen molar-refractivity contribution >= 4 is 33.1 Å². The van der Waals surface area contributed by atoms with E-state index in [1.54, 1.807) is 0 Å². The van der Waals surface area contributed by atoms with Crippen molar-refractivity contribution in [3.05, 3.63) is 0 Å². The molecule has 0 radical (unpaired) electrons. The summed E-state index contributed by atoms with van der Waals surface area (Å²) in [4.78, 5) is 46.9. The zero-order chi connectivity index (χ0) is 30.2. The van der Waals surface area contributed by atoms with Gasteiger partial charge >= 0.3 is 33.1 Å². The van der Waals surface area contributed by atoms with Crippen molar-refractivity contribution in [3.63, 3.8) is 0 Å². The lowest BCUT2D eigenvalue weighted by molar-refractivity contribution is -0.162. The lowest BCUT2D eigenvalue weighted by Gasteiger charge is -2.36. The number of aliphatic hydroxyl groups is 1. The molecule has 38 heavy (non-hydrogen) atoms. The molecule has 0 heterocycles. The second-order valence-electron chi connectivity index (χ2n) is 11.5. The summed E-state index contributed by atoms with van der Waals surface area (Å²) in [7, 11) is -10.7. The van der Waals surface area contributed by atoms with Crippen LogP contribution >= 0.6 is 15.2 Å². The maximum absolute atomic E-state index is 13.9. The number of nitrogens with two attached hydrogens (primary N) is 1. The van der Waals surface area contributed by atoms with E-state index in [0.29, 0.717) is 0 Å². The number of ether oxygens (including phenoxy) is 3. The summed E-state index contributed by atoms with van der Waals surface area (Å²) in [6.45, 7) is 10.4. The van der Waals surface area contributed by atoms with Crippen molar-refractivity contribution in [1.29, 1.82) is 0 Å². The van der Waals surface area contributed by atoms with Gasteiger partial charge in [-0.15, -0.1) is 0 Å². The average molecular weight is 592 g/mol. The highest BCUT2D eigenvalue weighted by molar-refractivity contribution is 7.73. The van der Waals surface area contributed by atoms with E-state index >= 15 is 0 Å². The largest absolute Gasteiger partial charge is 0.438 e. The number of hydrogen-bond donors (Lipinski definition) is 3. The van der Waals surface area contributed by atoms with Gasteiger partial charge in [0.05, 0.1) is 16.2 Å². The van der Waals surface area contributed by atoms with Crippen LogP contribution in [0.1, 0.15) is 75.2 Å². The Kier molecular flexibility index (Phi) is 13.3. The summed E-state index contributed by atoms with van der Waals surface area (Å²) < 4.78 is 56.7. The maximum atomic E-state index is 13.9. The molecule has 0 saturated heterocycles. The van der Waals surface area contributed by atoms with Crippen molar-refractivity contribution in [1.82, 2.24) is 0 Å². The van der Waals surface area contributed by atoms with E-state index in [1.807, 2.05) is 0 Å². The fourth-order valence-corrected chi connectivity index (χ4v) is 6.12. The molecule has 224 valence electrons. The van der Waals surface area contributed by atoms with Crippen LogP contribution in [0.2, 0.25) is 0 Å². The van der Waals surface area contributed by atoms with Gasteiger partial charge in [0.25, 0.3) is 5.08 Å². The predicted octanol–water partition coefficient (Wildman–Crippen LogP) is 3.44. The van der Waals surface area contributed by atoms with Crippen molar-refractivity contribution in [2.24, 2.45) is 22.0 Å². The Bertz CT molecular complexity index is 882. The highest BCUT2D eigenvalue weighted by atomic mass is 31.2. The lowest BCUT2D eigenvalue weighted by atomic mass is 9.98. The number of carbonyl (C=O) groups is 3. The molecule has 16 heteroatoms. The van der Waals surface area contributed by atoms with Crippen LogP contribution in [0.5, 0.6) is 0 Å². The van der Waals surface area contributed by atoms with Crippen LogP contribution in [0, 0.1) is 16.2 Å². The van der Waals surface area contributed by atoms with Gasteiger partial charge in [0.2, 0.25) is 20.4 Å². The standard InChI is InChI=1S/C22H43NO13P2/c1-19(2,3)16(24)31-13-34-37(28,29)22(27,11-10-12-23)38(30,35-14-32-17(25)20(4,5)6)36-15-33-18(26)21(7,8)9/h27H,10-15,23H2,1-9H3,(H,28,29). The Labute approximate surface area is 223 Å². The summed E-state index contributed by atoms with van der Waals surface area (Å²) in [6, 6.07) is 0. The molecule has 2 atom stereocenters. The first-order valence-corrected chi connectivity index (χ1v) is 14.9. The molecule has 2 unspecified atom stereocenters. The highest BCUT2D eigenvalue weighted by Crippen LogP contribution is 2.76. The minimum Gasteiger partial charge on any atom is -0.438 e. The van der Waals surface area contributed by atoms with Gasteiger partial charge in [-0.1, -0.05) is 0 Å². The second-order valence-corrected chi connectivity index (χ2v) is 16.1.